The van der Waals surface area contributed by atoms with Crippen LogP contribution in [0, 0.1) is 5.41 Å². The molecule has 1 atom stereocenters. The molecule has 1 aliphatic rings. The Morgan fingerprint density at radius 1 is 1.50 bits per heavy atom. The Morgan fingerprint density at radius 3 is 2.62 bits per heavy atom. The van der Waals surface area contributed by atoms with E-state index in [0.29, 0.717) is 13.0 Å². The standard InChI is InChI=1S/C11H19NO4/c1-11(2,10(15)16-3)7-12-6-4-5-8(12)9(13)14/h8H,4-7H2,1-3H3,(H,13,14). The molecule has 1 aliphatic heterocycles. The second-order valence-corrected chi connectivity index (χ2v) is 4.84. The van der Waals surface area contributed by atoms with Gasteiger partial charge in [0.15, 0.2) is 0 Å². The molecule has 92 valence electrons. The number of likely N-dealkylation sites (tertiary alicyclic amines) is 1. The number of carbonyl (C=O) groups is 2. The van der Waals surface area contributed by atoms with Crippen LogP contribution in [0.2, 0.25) is 0 Å². The van der Waals surface area contributed by atoms with Gasteiger partial charge in [0.2, 0.25) is 0 Å². The Balaban J connectivity index is 2.66. The summed E-state index contributed by atoms with van der Waals surface area (Å²) < 4.78 is 4.71. The van der Waals surface area contributed by atoms with E-state index >= 15 is 0 Å². The molecular weight excluding hydrogens is 210 g/mol. The first kappa shape index (κ1) is 13.0. The van der Waals surface area contributed by atoms with E-state index in [2.05, 4.69) is 0 Å². The van der Waals surface area contributed by atoms with Gasteiger partial charge < -0.3 is 9.84 Å². The molecule has 1 unspecified atom stereocenters. The van der Waals surface area contributed by atoms with Gasteiger partial charge in [0.05, 0.1) is 12.5 Å². The van der Waals surface area contributed by atoms with Crippen LogP contribution < -0.4 is 0 Å². The summed E-state index contributed by atoms with van der Waals surface area (Å²) in [5.41, 5.74) is -0.660. The highest BCUT2D eigenvalue weighted by Gasteiger charge is 2.37. The Kier molecular flexibility index (Phi) is 3.91. The maximum atomic E-state index is 11.5. The first-order valence-corrected chi connectivity index (χ1v) is 5.44. The minimum absolute atomic E-state index is 0.302. The van der Waals surface area contributed by atoms with Crippen molar-refractivity contribution in [3.05, 3.63) is 0 Å². The minimum Gasteiger partial charge on any atom is -0.480 e. The third-order valence-electron chi connectivity index (χ3n) is 2.99. The second kappa shape index (κ2) is 4.82. The van der Waals surface area contributed by atoms with Gasteiger partial charge in [0.1, 0.15) is 6.04 Å². The molecule has 0 bridgehead atoms. The maximum absolute atomic E-state index is 11.5. The Labute approximate surface area is 95.4 Å². The van der Waals surface area contributed by atoms with Crippen LogP contribution >= 0.6 is 0 Å². The number of carbonyl (C=O) groups excluding carboxylic acids is 1. The van der Waals surface area contributed by atoms with Gasteiger partial charge in [0, 0.05) is 6.54 Å². The molecule has 5 heteroatoms. The summed E-state index contributed by atoms with van der Waals surface area (Å²) in [6.45, 7) is 4.71. The zero-order valence-electron chi connectivity index (χ0n) is 10.0. The molecule has 0 aromatic heterocycles. The average Bonchev–Trinajstić information content (AvgIpc) is 2.63. The van der Waals surface area contributed by atoms with Crippen molar-refractivity contribution in [1.82, 2.24) is 4.90 Å². The number of rotatable bonds is 4. The number of methoxy groups -OCH3 is 1. The SMILES string of the molecule is COC(=O)C(C)(C)CN1CCCC1C(=O)O. The van der Waals surface area contributed by atoms with Crippen LogP contribution in [0.4, 0.5) is 0 Å². The lowest BCUT2D eigenvalue weighted by atomic mass is 9.92. The fraction of sp³-hybridized carbons (Fsp3) is 0.818. The minimum atomic E-state index is -0.807. The molecule has 1 N–H and O–H groups in total. The van der Waals surface area contributed by atoms with Crippen LogP contribution in [-0.2, 0) is 14.3 Å². The second-order valence-electron chi connectivity index (χ2n) is 4.84. The fourth-order valence-electron chi connectivity index (χ4n) is 2.14. The quantitative estimate of drug-likeness (QED) is 0.720. The topological polar surface area (TPSA) is 66.8 Å². The third-order valence-corrected chi connectivity index (χ3v) is 2.99. The van der Waals surface area contributed by atoms with Crippen molar-refractivity contribution in [3.8, 4) is 0 Å². The van der Waals surface area contributed by atoms with Crippen LogP contribution in [0.15, 0.2) is 0 Å². The molecule has 16 heavy (non-hydrogen) atoms. The van der Waals surface area contributed by atoms with Crippen molar-refractivity contribution in [2.24, 2.45) is 5.41 Å². The maximum Gasteiger partial charge on any atom is 0.320 e. The van der Waals surface area contributed by atoms with Crippen molar-refractivity contribution in [3.63, 3.8) is 0 Å². The Hall–Kier alpha value is -1.10. The molecule has 1 rings (SSSR count). The predicted octanol–water partition coefficient (Wildman–Crippen LogP) is 0.735. The summed E-state index contributed by atoms with van der Waals surface area (Å²) in [4.78, 5) is 24.3. The third kappa shape index (κ3) is 2.72. The Bertz CT molecular complexity index is 288. The van der Waals surface area contributed by atoms with Gasteiger partial charge in [-0.2, -0.15) is 0 Å². The molecule has 0 saturated carbocycles. The summed E-state index contributed by atoms with van der Waals surface area (Å²) in [5, 5.41) is 9.02. The number of carboxylic acid groups (broad SMARTS) is 1. The van der Waals surface area contributed by atoms with Crippen molar-refractivity contribution in [2.45, 2.75) is 32.7 Å². The van der Waals surface area contributed by atoms with Crippen LogP contribution in [0.25, 0.3) is 0 Å². The van der Waals surface area contributed by atoms with Gasteiger partial charge in [-0.3, -0.25) is 14.5 Å². The first-order chi connectivity index (χ1) is 7.38. The summed E-state index contributed by atoms with van der Waals surface area (Å²) >= 11 is 0. The van der Waals surface area contributed by atoms with Crippen LogP contribution in [-0.4, -0.2) is 48.2 Å². The largest absolute Gasteiger partial charge is 0.480 e. The number of hydrogen-bond donors (Lipinski definition) is 1. The summed E-state index contributed by atoms with van der Waals surface area (Å²) in [6, 6.07) is -0.455. The van der Waals surface area contributed by atoms with Crippen LogP contribution in [0.1, 0.15) is 26.7 Å². The number of ether oxygens (including phenoxy) is 1. The summed E-state index contributed by atoms with van der Waals surface area (Å²) in [7, 11) is 1.35. The fourth-order valence-corrected chi connectivity index (χ4v) is 2.14. The van der Waals surface area contributed by atoms with Gasteiger partial charge in [-0.1, -0.05) is 0 Å². The molecular formula is C11H19NO4. The van der Waals surface area contributed by atoms with Crippen molar-refractivity contribution in [1.29, 1.82) is 0 Å². The number of esters is 1. The van der Waals surface area contributed by atoms with Gasteiger partial charge in [-0.25, -0.2) is 0 Å². The van der Waals surface area contributed by atoms with Gasteiger partial charge in [-0.05, 0) is 33.2 Å². The van der Waals surface area contributed by atoms with E-state index in [1.165, 1.54) is 7.11 Å². The zero-order chi connectivity index (χ0) is 12.3. The number of hydrogen-bond acceptors (Lipinski definition) is 4. The van der Waals surface area contributed by atoms with E-state index in [4.69, 9.17) is 9.84 Å². The van der Waals surface area contributed by atoms with Crippen LogP contribution in [0.5, 0.6) is 0 Å². The molecule has 1 saturated heterocycles. The van der Waals surface area contributed by atoms with E-state index in [0.717, 1.165) is 13.0 Å². The molecule has 5 nitrogen and oxygen atoms in total. The molecule has 1 heterocycles. The number of carboxylic acids is 1. The molecule has 1 fully saturated rings. The first-order valence-electron chi connectivity index (χ1n) is 5.44. The molecule has 0 radical (unpaired) electrons. The number of nitrogens with zero attached hydrogens (tertiary/aromatic N) is 1. The van der Waals surface area contributed by atoms with E-state index in [1.807, 2.05) is 4.90 Å². The van der Waals surface area contributed by atoms with E-state index in [9.17, 15) is 9.59 Å². The van der Waals surface area contributed by atoms with E-state index < -0.39 is 17.4 Å². The molecule has 0 spiro atoms. The summed E-state index contributed by atoms with van der Waals surface area (Å²) in [6.07, 6.45) is 1.53. The predicted molar refractivity (Wildman–Crippen MR) is 58.0 cm³/mol. The van der Waals surface area contributed by atoms with E-state index in [1.54, 1.807) is 13.8 Å². The van der Waals surface area contributed by atoms with Gasteiger partial charge in [0.25, 0.3) is 0 Å². The highest BCUT2D eigenvalue weighted by Crippen LogP contribution is 2.25. The van der Waals surface area contributed by atoms with E-state index in [-0.39, 0.29) is 5.97 Å². The van der Waals surface area contributed by atoms with Crippen LogP contribution in [0.3, 0.4) is 0 Å². The lowest BCUT2D eigenvalue weighted by molar-refractivity contribution is -0.153. The Morgan fingerprint density at radius 2 is 2.12 bits per heavy atom. The lowest BCUT2D eigenvalue weighted by Crippen LogP contribution is -2.44. The monoisotopic (exact) mass is 229 g/mol. The zero-order valence-corrected chi connectivity index (χ0v) is 10.0. The van der Waals surface area contributed by atoms with Crippen molar-refractivity contribution in [2.75, 3.05) is 20.2 Å². The van der Waals surface area contributed by atoms with Crippen molar-refractivity contribution < 1.29 is 19.4 Å². The average molecular weight is 229 g/mol. The van der Waals surface area contributed by atoms with Gasteiger partial charge >= 0.3 is 11.9 Å². The smallest absolute Gasteiger partial charge is 0.320 e. The molecule has 0 amide bonds. The molecule has 0 aliphatic carbocycles. The molecule has 0 aromatic carbocycles. The van der Waals surface area contributed by atoms with Crippen molar-refractivity contribution >= 4 is 11.9 Å². The highest BCUT2D eigenvalue weighted by molar-refractivity contribution is 5.77. The summed E-state index contributed by atoms with van der Waals surface area (Å²) in [5.74, 6) is -1.11. The highest BCUT2D eigenvalue weighted by atomic mass is 16.5. The number of aliphatic carboxylic acids is 1. The molecule has 0 aromatic rings. The lowest BCUT2D eigenvalue weighted by Gasteiger charge is -2.30. The van der Waals surface area contributed by atoms with Gasteiger partial charge in [-0.15, -0.1) is 0 Å². The normalized spacial score (nSPS) is 22.1.